The number of rotatable bonds is 3. The zero-order chi connectivity index (χ0) is 17.9. The van der Waals surface area contributed by atoms with E-state index in [0.29, 0.717) is 0 Å². The van der Waals surface area contributed by atoms with Gasteiger partial charge in [0.15, 0.2) is 6.10 Å². The SMILES string of the molecule is O=P(O)(O)OC1(O)O[C@H](CO)[C@@H](O)[C@H](O)[C@@H]1O.O=S(=O)(O)O. The molecule has 0 aromatic carbocycles. The van der Waals surface area contributed by atoms with Gasteiger partial charge in [0.2, 0.25) is 0 Å². The molecule has 22 heavy (non-hydrogen) atoms. The van der Waals surface area contributed by atoms with Gasteiger partial charge in [-0.2, -0.15) is 8.42 Å². The lowest BCUT2D eigenvalue weighted by Crippen LogP contribution is -2.65. The van der Waals surface area contributed by atoms with Crippen molar-refractivity contribution in [2.75, 3.05) is 6.61 Å². The fourth-order valence-corrected chi connectivity index (χ4v) is 1.86. The Kier molecular flexibility index (Phi) is 7.45. The third-order valence-electron chi connectivity index (χ3n) is 2.18. The van der Waals surface area contributed by atoms with Crippen LogP contribution >= 0.6 is 7.82 Å². The molecular weight excluding hydrogens is 359 g/mol. The molecule has 134 valence electrons. The second-order valence-electron chi connectivity index (χ2n) is 3.93. The lowest BCUT2D eigenvalue weighted by Gasteiger charge is -2.43. The molecular formula is C6H15O14PS. The van der Waals surface area contributed by atoms with Crippen molar-refractivity contribution in [1.82, 2.24) is 0 Å². The predicted molar refractivity (Wildman–Crippen MR) is 62.2 cm³/mol. The van der Waals surface area contributed by atoms with E-state index >= 15 is 0 Å². The van der Waals surface area contributed by atoms with Crippen molar-refractivity contribution in [3.8, 4) is 0 Å². The van der Waals surface area contributed by atoms with E-state index in [2.05, 4.69) is 9.26 Å². The molecule has 1 fully saturated rings. The largest absolute Gasteiger partial charge is 0.474 e. The fourth-order valence-electron chi connectivity index (χ4n) is 1.37. The van der Waals surface area contributed by atoms with Gasteiger partial charge in [-0.05, 0) is 0 Å². The van der Waals surface area contributed by atoms with E-state index in [4.69, 9.17) is 32.4 Å². The Labute approximate surface area is 123 Å². The highest BCUT2D eigenvalue weighted by molar-refractivity contribution is 7.79. The monoisotopic (exact) mass is 374 g/mol. The van der Waals surface area contributed by atoms with Gasteiger partial charge in [0, 0.05) is 0 Å². The molecule has 1 heterocycles. The van der Waals surface area contributed by atoms with E-state index in [9.17, 15) is 25.0 Å². The third kappa shape index (κ3) is 7.34. The van der Waals surface area contributed by atoms with Crippen LogP contribution in [0.3, 0.4) is 0 Å². The molecule has 0 aromatic heterocycles. The minimum atomic E-state index is -5.23. The average molecular weight is 374 g/mol. The van der Waals surface area contributed by atoms with Crippen molar-refractivity contribution in [1.29, 1.82) is 0 Å². The average Bonchev–Trinajstić information content (AvgIpc) is 2.27. The highest BCUT2D eigenvalue weighted by Crippen LogP contribution is 2.44. The van der Waals surface area contributed by atoms with Crippen LogP contribution in [0.25, 0.3) is 0 Å². The summed E-state index contributed by atoms with van der Waals surface area (Å²) in [5, 5.41) is 46.1. The summed E-state index contributed by atoms with van der Waals surface area (Å²) in [6, 6.07) is 0. The van der Waals surface area contributed by atoms with Crippen molar-refractivity contribution in [3.05, 3.63) is 0 Å². The van der Waals surface area contributed by atoms with E-state index in [1.807, 2.05) is 0 Å². The first kappa shape index (κ1) is 21.7. The number of aliphatic hydroxyl groups is 5. The topological polar surface area (TPSA) is 252 Å². The number of phosphoric ester groups is 1. The maximum atomic E-state index is 10.5. The smallest absolute Gasteiger partial charge is 0.394 e. The van der Waals surface area contributed by atoms with E-state index in [0.717, 1.165) is 0 Å². The van der Waals surface area contributed by atoms with Crippen LogP contribution in [-0.4, -0.2) is 89.8 Å². The van der Waals surface area contributed by atoms with Crippen LogP contribution in [0.15, 0.2) is 0 Å². The predicted octanol–water partition coefficient (Wildman–Crippen LogP) is -4.44. The minimum absolute atomic E-state index is 0.877. The van der Waals surface area contributed by atoms with E-state index < -0.39 is 55.2 Å². The quantitative estimate of drug-likeness (QED) is 0.128. The van der Waals surface area contributed by atoms with Gasteiger partial charge in [-0.3, -0.25) is 9.11 Å². The van der Waals surface area contributed by atoms with Gasteiger partial charge < -0.3 is 40.1 Å². The summed E-state index contributed by atoms with van der Waals surface area (Å²) in [4.78, 5) is 17.0. The van der Waals surface area contributed by atoms with Crippen molar-refractivity contribution in [2.24, 2.45) is 0 Å². The minimum Gasteiger partial charge on any atom is -0.394 e. The molecule has 1 rings (SSSR count). The van der Waals surface area contributed by atoms with Crippen LogP contribution in [0.1, 0.15) is 0 Å². The van der Waals surface area contributed by atoms with Gasteiger partial charge >= 0.3 is 24.2 Å². The van der Waals surface area contributed by atoms with E-state index in [-0.39, 0.29) is 0 Å². The van der Waals surface area contributed by atoms with Crippen LogP contribution < -0.4 is 0 Å². The second kappa shape index (κ2) is 7.54. The maximum Gasteiger partial charge on any atom is 0.474 e. The molecule has 0 aliphatic carbocycles. The molecule has 1 aliphatic rings. The lowest BCUT2D eigenvalue weighted by atomic mass is 9.98. The zero-order valence-electron chi connectivity index (χ0n) is 10.4. The Morgan fingerprint density at radius 3 is 1.86 bits per heavy atom. The molecule has 0 amide bonds. The molecule has 0 aromatic rings. The van der Waals surface area contributed by atoms with Crippen molar-refractivity contribution in [3.63, 3.8) is 0 Å². The van der Waals surface area contributed by atoms with Gasteiger partial charge in [0.05, 0.1) is 6.61 Å². The van der Waals surface area contributed by atoms with E-state index in [1.165, 1.54) is 0 Å². The summed E-state index contributed by atoms with van der Waals surface area (Å²) < 4.78 is 50.4. The molecule has 16 heteroatoms. The highest BCUT2D eigenvalue weighted by atomic mass is 32.3. The highest BCUT2D eigenvalue weighted by Gasteiger charge is 2.56. The Bertz CT molecular complexity index is 489. The van der Waals surface area contributed by atoms with Crippen molar-refractivity contribution < 1.29 is 66.7 Å². The Morgan fingerprint density at radius 2 is 1.55 bits per heavy atom. The van der Waals surface area contributed by atoms with Crippen LogP contribution in [0.4, 0.5) is 0 Å². The summed E-state index contributed by atoms with van der Waals surface area (Å²) in [7, 11) is -9.90. The van der Waals surface area contributed by atoms with Crippen LogP contribution in [0.2, 0.25) is 0 Å². The van der Waals surface area contributed by atoms with Gasteiger partial charge in [0.1, 0.15) is 18.3 Å². The molecule has 0 spiro atoms. The first-order valence-electron chi connectivity index (χ1n) is 5.12. The Balaban J connectivity index is 0.000000763. The summed E-state index contributed by atoms with van der Waals surface area (Å²) in [6.45, 7) is -0.877. The molecule has 1 saturated heterocycles. The molecule has 1 unspecified atom stereocenters. The lowest BCUT2D eigenvalue weighted by molar-refractivity contribution is -0.425. The Hall–Kier alpha value is -0.260. The molecule has 0 bridgehead atoms. The molecule has 0 radical (unpaired) electrons. The van der Waals surface area contributed by atoms with Crippen LogP contribution in [-0.2, 0) is 24.2 Å². The molecule has 9 N–H and O–H groups in total. The Morgan fingerprint density at radius 1 is 1.14 bits per heavy atom. The molecule has 1 aliphatic heterocycles. The number of aliphatic hydroxyl groups excluding tert-OH is 4. The standard InChI is InChI=1S/C6H13O10P.H2O4S/c7-1-2-3(8)4(9)5(10)6(11,15-2)16-17(12,13)14;1-5(2,3)4/h2-5,7-11H,1H2,(H2,12,13,14);(H2,1,2,3,4)/t2-,3-,4+,5+,6?;/m1./s1. The fraction of sp³-hybridized carbons (Fsp3) is 1.00. The number of hydrogen-bond donors (Lipinski definition) is 9. The first-order chi connectivity index (χ1) is 9.60. The normalized spacial score (nSPS) is 36.4. The van der Waals surface area contributed by atoms with Crippen molar-refractivity contribution in [2.45, 2.75) is 30.4 Å². The molecule has 0 saturated carbocycles. The summed E-state index contributed by atoms with van der Waals surface area (Å²) >= 11 is 0. The van der Waals surface area contributed by atoms with Gasteiger partial charge in [0.25, 0.3) is 0 Å². The van der Waals surface area contributed by atoms with E-state index in [1.54, 1.807) is 0 Å². The van der Waals surface area contributed by atoms with Crippen molar-refractivity contribution >= 4 is 18.2 Å². The summed E-state index contributed by atoms with van der Waals surface area (Å²) in [5.41, 5.74) is 0. The number of hydrogen-bond acceptors (Lipinski definition) is 10. The zero-order valence-corrected chi connectivity index (χ0v) is 12.1. The maximum absolute atomic E-state index is 10.5. The first-order valence-corrected chi connectivity index (χ1v) is 8.05. The van der Waals surface area contributed by atoms with Crippen LogP contribution in [0, 0.1) is 0 Å². The second-order valence-corrected chi connectivity index (χ2v) is 5.98. The number of ether oxygens (including phenoxy) is 1. The van der Waals surface area contributed by atoms with Crippen LogP contribution in [0.5, 0.6) is 0 Å². The molecule has 14 nitrogen and oxygen atoms in total. The summed E-state index contributed by atoms with van der Waals surface area (Å²) in [5.74, 6) is -3.23. The molecule has 5 atom stereocenters. The van der Waals surface area contributed by atoms with Gasteiger partial charge in [-0.1, -0.05) is 0 Å². The third-order valence-corrected chi connectivity index (χ3v) is 2.68. The van der Waals surface area contributed by atoms with Gasteiger partial charge in [-0.25, -0.2) is 9.09 Å². The summed E-state index contributed by atoms with van der Waals surface area (Å²) in [6.07, 6.45) is -7.68. The number of phosphoric acid groups is 1. The van der Waals surface area contributed by atoms with Gasteiger partial charge in [-0.15, -0.1) is 0 Å².